The van der Waals surface area contributed by atoms with Crippen molar-refractivity contribution in [3.05, 3.63) is 23.8 Å². The Kier molecular flexibility index (Phi) is 8.77. The van der Waals surface area contributed by atoms with Crippen LogP contribution in [-0.2, 0) is 19.1 Å². The molecule has 3 atom stereocenters. The maximum absolute atomic E-state index is 13.1. The number of benzene rings is 1. The number of halogens is 3. The number of hydrogen-bond acceptors (Lipinski definition) is 7. The minimum Gasteiger partial charge on any atom is -0.454 e. The van der Waals surface area contributed by atoms with Gasteiger partial charge >= 0.3 is 6.36 Å². The quantitative estimate of drug-likeness (QED) is 0.409. The van der Waals surface area contributed by atoms with E-state index in [4.69, 9.17) is 9.47 Å². The van der Waals surface area contributed by atoms with Crippen LogP contribution in [0.5, 0.6) is 11.5 Å². The molecule has 2 unspecified atom stereocenters. The summed E-state index contributed by atoms with van der Waals surface area (Å²) in [6, 6.07) is 2.00. The zero-order chi connectivity index (χ0) is 26.5. The molecule has 2 aliphatic rings. The first-order chi connectivity index (χ1) is 16.9. The van der Waals surface area contributed by atoms with Crippen molar-refractivity contribution in [2.24, 2.45) is 11.8 Å². The number of nitrogens with one attached hydrogen (secondary N) is 3. The third-order valence-corrected chi connectivity index (χ3v) is 5.73. The zero-order valence-electron chi connectivity index (χ0n) is 19.8. The number of hydrogen-bond donors (Lipinski definition) is 3. The number of Topliss-reactive ketones (excluding diaryl/α,β-unsaturated/α-hetero) is 1. The lowest BCUT2D eigenvalue weighted by Gasteiger charge is -2.25. The number of rotatable bonds is 11. The third-order valence-electron chi connectivity index (χ3n) is 5.73. The molecule has 0 spiro atoms. The number of amides is 3. The molecule has 3 amide bonds. The molecule has 3 N–H and O–H groups in total. The fraction of sp³-hybridized carbons (Fsp3) is 0.565. The van der Waals surface area contributed by atoms with Gasteiger partial charge in [-0.1, -0.05) is 13.8 Å². The van der Waals surface area contributed by atoms with Crippen LogP contribution < -0.4 is 25.4 Å². The predicted octanol–water partition coefficient (Wildman–Crippen LogP) is 1.68. The van der Waals surface area contributed by atoms with Crippen LogP contribution in [0.15, 0.2) is 18.2 Å². The molecule has 0 saturated carbocycles. The highest BCUT2D eigenvalue weighted by Gasteiger charge is 2.36. The first-order valence-corrected chi connectivity index (χ1v) is 11.4. The Morgan fingerprint density at radius 1 is 1.14 bits per heavy atom. The van der Waals surface area contributed by atoms with Crippen molar-refractivity contribution in [3.8, 4) is 11.5 Å². The van der Waals surface area contributed by atoms with E-state index in [9.17, 15) is 32.3 Å². The summed E-state index contributed by atoms with van der Waals surface area (Å²) in [5.41, 5.74) is 0.203. The van der Waals surface area contributed by atoms with Gasteiger partial charge in [0.15, 0.2) is 17.3 Å². The van der Waals surface area contributed by atoms with E-state index < -0.39 is 48.6 Å². The first kappa shape index (κ1) is 27.2. The second kappa shape index (κ2) is 11.6. The number of fused-ring (bicyclic) bond motifs is 1. The molecule has 1 aromatic carbocycles. The largest absolute Gasteiger partial charge is 0.522 e. The minimum atomic E-state index is -5.03. The molecular formula is C23H28F3N3O7. The van der Waals surface area contributed by atoms with Crippen LogP contribution in [0.1, 0.15) is 43.5 Å². The average molecular weight is 515 g/mol. The molecule has 198 valence electrons. The van der Waals surface area contributed by atoms with Gasteiger partial charge in [-0.05, 0) is 43.4 Å². The van der Waals surface area contributed by atoms with Crippen LogP contribution in [0.3, 0.4) is 0 Å². The molecular weight excluding hydrogens is 487 g/mol. The topological polar surface area (TPSA) is 132 Å². The molecule has 13 heteroatoms. The molecule has 1 fully saturated rings. The maximum Gasteiger partial charge on any atom is 0.522 e. The minimum absolute atomic E-state index is 0.0191. The van der Waals surface area contributed by atoms with Crippen LogP contribution in [0.4, 0.5) is 13.2 Å². The molecule has 36 heavy (non-hydrogen) atoms. The van der Waals surface area contributed by atoms with Crippen LogP contribution in [0.25, 0.3) is 0 Å². The van der Waals surface area contributed by atoms with Crippen LogP contribution in [-0.4, -0.2) is 61.9 Å². The standard InChI is InChI=1S/C23H28F3N3O7/c1-12(2)7-16(29-21(32)13-3-4-18-19(9-13)35-11-34-18)22(33)28-15(8-14-5-6-27-20(14)31)17(30)10-36-23(24,25)26/h3-4,9,12,14-16H,5-8,10-11H2,1-2H3,(H,27,31)(H,28,33)(H,29,32)/t14-,15?,16?/m0/s1. The second-order valence-corrected chi connectivity index (χ2v) is 9.00. The van der Waals surface area contributed by atoms with E-state index >= 15 is 0 Å². The van der Waals surface area contributed by atoms with E-state index in [1.807, 2.05) is 13.8 Å². The van der Waals surface area contributed by atoms with Crippen molar-refractivity contribution in [1.29, 1.82) is 0 Å². The Morgan fingerprint density at radius 2 is 1.86 bits per heavy atom. The summed E-state index contributed by atoms with van der Waals surface area (Å²) in [6.45, 7) is 2.69. The smallest absolute Gasteiger partial charge is 0.454 e. The van der Waals surface area contributed by atoms with E-state index in [1.54, 1.807) is 6.07 Å². The van der Waals surface area contributed by atoms with Crippen molar-refractivity contribution < 1.29 is 46.6 Å². The van der Waals surface area contributed by atoms with E-state index in [0.717, 1.165) is 0 Å². The van der Waals surface area contributed by atoms with Gasteiger partial charge in [0.2, 0.25) is 18.6 Å². The zero-order valence-corrected chi connectivity index (χ0v) is 19.8. The van der Waals surface area contributed by atoms with Gasteiger partial charge in [0.25, 0.3) is 5.91 Å². The van der Waals surface area contributed by atoms with Crippen molar-refractivity contribution in [3.63, 3.8) is 0 Å². The highest BCUT2D eigenvalue weighted by Crippen LogP contribution is 2.32. The highest BCUT2D eigenvalue weighted by atomic mass is 19.4. The van der Waals surface area contributed by atoms with E-state index in [1.165, 1.54) is 12.1 Å². The van der Waals surface area contributed by atoms with Crippen molar-refractivity contribution in [2.75, 3.05) is 19.9 Å². The fourth-order valence-corrected chi connectivity index (χ4v) is 3.93. The number of ether oxygens (including phenoxy) is 3. The average Bonchev–Trinajstić information content (AvgIpc) is 3.43. The summed E-state index contributed by atoms with van der Waals surface area (Å²) < 4.78 is 51.5. The van der Waals surface area contributed by atoms with Crippen molar-refractivity contribution in [2.45, 2.75) is 51.6 Å². The Hall–Kier alpha value is -3.35. The number of carbonyl (C=O) groups is 4. The lowest BCUT2D eigenvalue weighted by Crippen LogP contribution is -2.53. The van der Waals surface area contributed by atoms with Gasteiger partial charge in [-0.3, -0.25) is 23.9 Å². The Morgan fingerprint density at radius 3 is 2.50 bits per heavy atom. The Balaban J connectivity index is 1.72. The number of carbonyl (C=O) groups excluding carboxylic acids is 4. The van der Waals surface area contributed by atoms with Gasteiger partial charge in [0, 0.05) is 18.0 Å². The summed E-state index contributed by atoms with van der Waals surface area (Å²) in [7, 11) is 0. The Bertz CT molecular complexity index is 1000. The van der Waals surface area contributed by atoms with Gasteiger partial charge in [-0.2, -0.15) is 0 Å². The molecule has 1 saturated heterocycles. The predicted molar refractivity (Wildman–Crippen MR) is 118 cm³/mol. The maximum atomic E-state index is 13.1. The summed E-state index contributed by atoms with van der Waals surface area (Å²) in [6.07, 6.45) is -4.67. The van der Waals surface area contributed by atoms with Crippen molar-refractivity contribution >= 4 is 23.5 Å². The van der Waals surface area contributed by atoms with Gasteiger partial charge in [0.1, 0.15) is 12.6 Å². The molecule has 0 bridgehead atoms. The first-order valence-electron chi connectivity index (χ1n) is 11.4. The molecule has 2 heterocycles. The number of alkyl halides is 3. The normalized spacial score (nSPS) is 18.5. The summed E-state index contributed by atoms with van der Waals surface area (Å²) in [5.74, 6) is -2.61. The van der Waals surface area contributed by atoms with Crippen LogP contribution >= 0.6 is 0 Å². The monoisotopic (exact) mass is 515 g/mol. The highest BCUT2D eigenvalue weighted by molar-refractivity contribution is 5.99. The van der Waals surface area contributed by atoms with E-state index in [-0.39, 0.29) is 37.0 Å². The van der Waals surface area contributed by atoms with E-state index in [0.29, 0.717) is 24.5 Å². The molecule has 3 rings (SSSR count). The van der Waals surface area contributed by atoms with Gasteiger partial charge in [-0.15, -0.1) is 13.2 Å². The molecule has 0 radical (unpaired) electrons. The lowest BCUT2D eigenvalue weighted by molar-refractivity contribution is -0.321. The van der Waals surface area contributed by atoms with Crippen LogP contribution in [0, 0.1) is 11.8 Å². The second-order valence-electron chi connectivity index (χ2n) is 9.00. The fourth-order valence-electron chi connectivity index (χ4n) is 3.93. The van der Waals surface area contributed by atoms with Crippen LogP contribution in [0.2, 0.25) is 0 Å². The molecule has 1 aromatic rings. The van der Waals surface area contributed by atoms with Gasteiger partial charge < -0.3 is 25.4 Å². The van der Waals surface area contributed by atoms with Gasteiger partial charge in [0.05, 0.1) is 6.04 Å². The molecule has 0 aliphatic carbocycles. The van der Waals surface area contributed by atoms with Gasteiger partial charge in [-0.25, -0.2) is 0 Å². The summed E-state index contributed by atoms with van der Waals surface area (Å²) >= 11 is 0. The Labute approximate surface area is 205 Å². The summed E-state index contributed by atoms with van der Waals surface area (Å²) in [4.78, 5) is 50.5. The summed E-state index contributed by atoms with van der Waals surface area (Å²) in [5, 5.41) is 7.62. The molecule has 0 aromatic heterocycles. The number of ketones is 1. The SMILES string of the molecule is CC(C)CC(NC(=O)c1ccc2c(c1)OCO2)C(=O)NC(C[C@@H]1CCNC1=O)C(=O)COC(F)(F)F. The molecule has 2 aliphatic heterocycles. The lowest BCUT2D eigenvalue weighted by atomic mass is 9.95. The molecule has 10 nitrogen and oxygen atoms in total. The van der Waals surface area contributed by atoms with Crippen molar-refractivity contribution in [1.82, 2.24) is 16.0 Å². The van der Waals surface area contributed by atoms with E-state index in [2.05, 4.69) is 20.7 Å². The third kappa shape index (κ3) is 7.57.